The second kappa shape index (κ2) is 11.4. The minimum atomic E-state index is -3.46. The summed E-state index contributed by atoms with van der Waals surface area (Å²) in [5.41, 5.74) is 0.908. The highest BCUT2D eigenvalue weighted by atomic mass is 28.4. The number of halogens is 1. The van der Waals surface area contributed by atoms with Crippen molar-refractivity contribution in [3.63, 3.8) is 0 Å². The smallest absolute Gasteiger partial charge is 0.264 e. The van der Waals surface area contributed by atoms with Crippen LogP contribution in [0.1, 0.15) is 56.6 Å². The number of carbonyl (C=O) groups is 3. The Hall–Kier alpha value is -3.08. The van der Waals surface area contributed by atoms with E-state index in [9.17, 15) is 19.5 Å². The average molecular weight is 608 g/mol. The Morgan fingerprint density at radius 3 is 2.56 bits per heavy atom. The van der Waals surface area contributed by atoms with E-state index < -0.39 is 31.6 Å². The van der Waals surface area contributed by atoms with Crippen molar-refractivity contribution >= 4 is 37.5 Å². The topological polar surface area (TPSA) is 90.4 Å². The van der Waals surface area contributed by atoms with E-state index in [1.165, 1.54) is 0 Å². The molecular weight excluding hydrogens is 565 g/mol. The van der Waals surface area contributed by atoms with Crippen LogP contribution in [-0.2, 0) is 31.3 Å². The van der Waals surface area contributed by atoms with Gasteiger partial charge < -0.3 is 28.7 Å². The van der Waals surface area contributed by atoms with Crippen molar-refractivity contribution in [2.24, 2.45) is 5.92 Å². The van der Waals surface area contributed by atoms with Gasteiger partial charge in [-0.2, -0.15) is 0 Å². The van der Waals surface area contributed by atoms with Crippen molar-refractivity contribution in [2.75, 3.05) is 29.5 Å². The second-order valence-corrected chi connectivity index (χ2v) is 16.9. The summed E-state index contributed by atoms with van der Waals surface area (Å²) in [6, 6.07) is 15.2. The average Bonchev–Trinajstić information content (AvgIpc) is 3.64. The molecule has 1 spiro atoms. The Labute approximate surface area is 254 Å². The standard InChI is InChI=1S/C33H42FN3O5Si/c1-22-31(43(2,3)34)28(19-30(40)36-17-9-12-25(36)21-38)42-33(22)26-18-24(35-16-8-7-13-29(35)39)14-15-27(26)37(32(33)41)20-23-10-5-4-6-11-23/h4-6,10-11,14-15,18,22,25,28,31,38H,7-9,12-13,16-17,19-21H2,1-3H3/t22-,25+,28+,31-,33+/m1/s1. The lowest BCUT2D eigenvalue weighted by atomic mass is 9.82. The van der Waals surface area contributed by atoms with E-state index in [1.54, 1.807) is 27.8 Å². The van der Waals surface area contributed by atoms with Gasteiger partial charge in [-0.05, 0) is 62.5 Å². The van der Waals surface area contributed by atoms with Gasteiger partial charge in [-0.25, -0.2) is 0 Å². The fourth-order valence-corrected chi connectivity index (χ4v) is 10.5. The highest BCUT2D eigenvalue weighted by molar-refractivity contribution is 6.72. The molecule has 0 saturated carbocycles. The van der Waals surface area contributed by atoms with Crippen LogP contribution in [0.4, 0.5) is 15.5 Å². The lowest BCUT2D eigenvalue weighted by Crippen LogP contribution is -2.45. The first kappa shape index (κ1) is 30.0. The molecule has 3 amide bonds. The third kappa shape index (κ3) is 5.11. The van der Waals surface area contributed by atoms with Gasteiger partial charge in [0.05, 0.1) is 37.4 Å². The molecular formula is C33H42FN3O5Si. The predicted octanol–water partition coefficient (Wildman–Crippen LogP) is 4.90. The van der Waals surface area contributed by atoms with Crippen LogP contribution in [0.25, 0.3) is 0 Å². The Kier molecular flexibility index (Phi) is 7.98. The van der Waals surface area contributed by atoms with Crippen molar-refractivity contribution in [2.45, 2.75) is 88.4 Å². The number of hydrogen-bond donors (Lipinski definition) is 1. The molecule has 4 aliphatic heterocycles. The zero-order valence-corrected chi connectivity index (χ0v) is 26.3. The van der Waals surface area contributed by atoms with Gasteiger partial charge in [0.2, 0.25) is 20.2 Å². The zero-order chi connectivity index (χ0) is 30.5. The number of aliphatic hydroxyl groups excluding tert-OH is 1. The number of fused-ring (bicyclic) bond motifs is 2. The molecule has 2 aromatic rings. The van der Waals surface area contributed by atoms with Crippen molar-refractivity contribution in [1.29, 1.82) is 0 Å². The molecule has 230 valence electrons. The molecule has 3 saturated heterocycles. The predicted molar refractivity (Wildman–Crippen MR) is 165 cm³/mol. The lowest BCUT2D eigenvalue weighted by Gasteiger charge is -2.32. The summed E-state index contributed by atoms with van der Waals surface area (Å²) in [4.78, 5) is 46.3. The summed E-state index contributed by atoms with van der Waals surface area (Å²) in [7, 11) is -3.46. The molecule has 10 heteroatoms. The van der Waals surface area contributed by atoms with Crippen LogP contribution in [0.5, 0.6) is 0 Å². The number of hydrogen-bond acceptors (Lipinski definition) is 5. The Balaban J connectivity index is 1.43. The first-order valence-electron chi connectivity index (χ1n) is 15.6. The molecule has 5 atom stereocenters. The molecule has 6 rings (SSSR count). The van der Waals surface area contributed by atoms with Gasteiger partial charge in [-0.3, -0.25) is 14.4 Å². The Morgan fingerprint density at radius 1 is 1.09 bits per heavy atom. The third-order valence-electron chi connectivity index (χ3n) is 10.0. The van der Waals surface area contributed by atoms with E-state index in [0.29, 0.717) is 43.0 Å². The fraction of sp³-hybridized carbons (Fsp3) is 0.545. The first-order valence-corrected chi connectivity index (χ1v) is 18.6. The van der Waals surface area contributed by atoms with Crippen LogP contribution in [0.15, 0.2) is 48.5 Å². The van der Waals surface area contributed by atoms with Crippen molar-refractivity contribution in [3.05, 3.63) is 59.7 Å². The highest BCUT2D eigenvalue weighted by Crippen LogP contribution is 2.61. The number of piperidine rings is 1. The van der Waals surface area contributed by atoms with Gasteiger partial charge in [0.25, 0.3) is 5.91 Å². The number of anilines is 2. The molecule has 0 aliphatic carbocycles. The molecule has 8 nitrogen and oxygen atoms in total. The number of amides is 3. The summed E-state index contributed by atoms with van der Waals surface area (Å²) in [5, 5.41) is 9.83. The number of likely N-dealkylation sites (tertiary alicyclic amines) is 1. The maximum Gasteiger partial charge on any atom is 0.264 e. The monoisotopic (exact) mass is 607 g/mol. The van der Waals surface area contributed by atoms with Crippen molar-refractivity contribution in [1.82, 2.24) is 4.90 Å². The van der Waals surface area contributed by atoms with Crippen LogP contribution in [0.2, 0.25) is 18.6 Å². The second-order valence-electron chi connectivity index (χ2n) is 13.1. The van der Waals surface area contributed by atoms with Crippen LogP contribution in [0, 0.1) is 5.92 Å². The van der Waals surface area contributed by atoms with Gasteiger partial charge >= 0.3 is 0 Å². The van der Waals surface area contributed by atoms with Crippen LogP contribution in [0.3, 0.4) is 0 Å². The number of ether oxygens (including phenoxy) is 1. The number of carbonyl (C=O) groups excluding carboxylic acids is 3. The third-order valence-corrected chi connectivity index (χ3v) is 12.5. The molecule has 4 aliphatic rings. The maximum atomic E-state index is 16.3. The zero-order valence-electron chi connectivity index (χ0n) is 25.3. The first-order chi connectivity index (χ1) is 20.6. The minimum Gasteiger partial charge on any atom is -0.394 e. The number of nitrogens with zero attached hydrogens (tertiary/aromatic N) is 3. The molecule has 0 unspecified atom stereocenters. The number of aliphatic hydroxyl groups is 1. The van der Waals surface area contributed by atoms with Gasteiger partial charge in [0.1, 0.15) is 0 Å². The van der Waals surface area contributed by atoms with Crippen LogP contribution >= 0.6 is 0 Å². The molecule has 0 radical (unpaired) electrons. The SMILES string of the molecule is C[C@@H]1[C@@H]([Si](C)(C)F)[C@H](CC(=O)N2CCC[C@H]2CO)O[C@@]12C(=O)N(Cc1ccccc1)c1ccc(N3CCCCC3=O)cc12. The highest BCUT2D eigenvalue weighted by Gasteiger charge is 2.67. The van der Waals surface area contributed by atoms with Gasteiger partial charge in [-0.1, -0.05) is 37.3 Å². The van der Waals surface area contributed by atoms with E-state index in [-0.39, 0.29) is 36.8 Å². The summed E-state index contributed by atoms with van der Waals surface area (Å²) in [6.45, 7) is 6.53. The molecule has 0 bridgehead atoms. The van der Waals surface area contributed by atoms with E-state index in [4.69, 9.17) is 4.74 Å². The molecule has 4 heterocycles. The lowest BCUT2D eigenvalue weighted by molar-refractivity contribution is -0.150. The normalized spacial score (nSPS) is 29.2. The van der Waals surface area contributed by atoms with E-state index >= 15 is 4.11 Å². The summed E-state index contributed by atoms with van der Waals surface area (Å²) >= 11 is 0. The molecule has 0 aromatic heterocycles. The maximum absolute atomic E-state index is 16.3. The minimum absolute atomic E-state index is 0.0425. The molecule has 2 aromatic carbocycles. The molecule has 43 heavy (non-hydrogen) atoms. The van der Waals surface area contributed by atoms with E-state index in [0.717, 1.165) is 31.2 Å². The van der Waals surface area contributed by atoms with Crippen molar-refractivity contribution in [3.8, 4) is 0 Å². The molecule has 1 N–H and O–H groups in total. The van der Waals surface area contributed by atoms with Crippen LogP contribution in [-0.4, -0.2) is 68.0 Å². The van der Waals surface area contributed by atoms with Crippen LogP contribution < -0.4 is 9.80 Å². The summed E-state index contributed by atoms with van der Waals surface area (Å²) in [5.74, 6) is -0.917. The van der Waals surface area contributed by atoms with Gasteiger partial charge in [-0.15, -0.1) is 0 Å². The Morgan fingerprint density at radius 2 is 1.86 bits per heavy atom. The van der Waals surface area contributed by atoms with Gasteiger partial charge in [0, 0.05) is 42.2 Å². The summed E-state index contributed by atoms with van der Waals surface area (Å²) in [6.07, 6.45) is 2.96. The Bertz CT molecular complexity index is 1400. The van der Waals surface area contributed by atoms with Crippen molar-refractivity contribution < 1.29 is 28.3 Å². The number of rotatable bonds is 7. The van der Waals surface area contributed by atoms with E-state index in [1.807, 2.05) is 55.5 Å². The quantitative estimate of drug-likeness (QED) is 0.357. The fourth-order valence-electron chi connectivity index (χ4n) is 8.05. The van der Waals surface area contributed by atoms with Gasteiger partial charge in [0.15, 0.2) is 5.60 Å². The largest absolute Gasteiger partial charge is 0.394 e. The summed E-state index contributed by atoms with van der Waals surface area (Å²) < 4.78 is 23.1. The number of benzene rings is 2. The molecule has 3 fully saturated rings. The van der Waals surface area contributed by atoms with E-state index in [2.05, 4.69) is 0 Å².